The topological polar surface area (TPSA) is 70.6 Å². The normalized spacial score (nSPS) is 11.5. The van der Waals surface area contributed by atoms with Crippen LogP contribution >= 0.6 is 12.2 Å². The summed E-state index contributed by atoms with van der Waals surface area (Å²) in [6.07, 6.45) is -0.537. The molecular formula is C13H18N2O3S. The van der Waals surface area contributed by atoms with Crippen molar-refractivity contribution in [1.29, 1.82) is 0 Å². The summed E-state index contributed by atoms with van der Waals surface area (Å²) < 4.78 is 5.37. The first-order chi connectivity index (χ1) is 9.04. The molecule has 0 radical (unpaired) electrons. The Kier molecular flexibility index (Phi) is 6.24. The first kappa shape index (κ1) is 15.4. The minimum Gasteiger partial charge on any atom is -0.493 e. The number of thiocarbonyl (C=S) groups is 1. The largest absolute Gasteiger partial charge is 0.493 e. The third kappa shape index (κ3) is 5.23. The zero-order chi connectivity index (χ0) is 14.3. The third-order valence-corrected chi connectivity index (χ3v) is 2.46. The van der Waals surface area contributed by atoms with Crippen LogP contribution in [0.1, 0.15) is 24.2 Å². The van der Waals surface area contributed by atoms with Gasteiger partial charge < -0.3 is 15.2 Å². The molecule has 0 saturated heterocycles. The lowest BCUT2D eigenvalue weighted by Crippen LogP contribution is -2.41. The van der Waals surface area contributed by atoms with Crippen molar-refractivity contribution in [3.8, 4) is 5.75 Å². The highest BCUT2D eigenvalue weighted by Gasteiger charge is 2.13. The molecule has 0 bridgehead atoms. The van der Waals surface area contributed by atoms with Gasteiger partial charge in [-0.2, -0.15) is 0 Å². The summed E-state index contributed by atoms with van der Waals surface area (Å²) in [5.41, 5.74) is 0.422. The van der Waals surface area contributed by atoms with E-state index in [1.165, 1.54) is 0 Å². The molecule has 1 aromatic carbocycles. The summed E-state index contributed by atoms with van der Waals surface area (Å²) in [5.74, 6) is 0.174. The van der Waals surface area contributed by atoms with E-state index in [1.54, 1.807) is 31.2 Å². The van der Waals surface area contributed by atoms with Gasteiger partial charge in [-0.25, -0.2) is 0 Å². The minimum atomic E-state index is -0.537. The van der Waals surface area contributed by atoms with Gasteiger partial charge in [-0.1, -0.05) is 12.1 Å². The number of ether oxygens (including phenoxy) is 1. The van der Waals surface area contributed by atoms with Gasteiger partial charge in [-0.05, 0) is 38.2 Å². The Labute approximate surface area is 118 Å². The predicted octanol–water partition coefficient (Wildman–Crippen LogP) is 1.07. The number of aliphatic hydroxyl groups excluding tert-OH is 1. The zero-order valence-corrected chi connectivity index (χ0v) is 11.8. The second-order valence-electron chi connectivity index (χ2n) is 3.94. The number of carbonyl (C=O) groups excluding carboxylic acids is 1. The number of hydrogen-bond donors (Lipinski definition) is 3. The molecular weight excluding hydrogens is 264 g/mol. The molecule has 0 aliphatic rings. The molecule has 5 nitrogen and oxygen atoms in total. The highest BCUT2D eigenvalue weighted by Crippen LogP contribution is 2.17. The maximum atomic E-state index is 12.0. The summed E-state index contributed by atoms with van der Waals surface area (Å²) in [6.45, 7) is 4.24. The van der Waals surface area contributed by atoms with Gasteiger partial charge in [0.1, 0.15) is 5.75 Å². The number of aliphatic hydroxyl groups is 1. The van der Waals surface area contributed by atoms with Crippen LogP contribution in [0.5, 0.6) is 5.75 Å². The Morgan fingerprint density at radius 3 is 2.79 bits per heavy atom. The van der Waals surface area contributed by atoms with E-state index in [2.05, 4.69) is 10.6 Å². The number of benzene rings is 1. The van der Waals surface area contributed by atoms with Gasteiger partial charge in [-0.15, -0.1) is 0 Å². The van der Waals surface area contributed by atoms with E-state index >= 15 is 0 Å². The minimum absolute atomic E-state index is 0.178. The highest BCUT2D eigenvalue weighted by molar-refractivity contribution is 7.80. The summed E-state index contributed by atoms with van der Waals surface area (Å²) >= 11 is 4.96. The molecule has 1 amide bonds. The van der Waals surface area contributed by atoms with Crippen molar-refractivity contribution in [2.24, 2.45) is 0 Å². The van der Waals surface area contributed by atoms with Gasteiger partial charge in [0.25, 0.3) is 5.91 Å². The van der Waals surface area contributed by atoms with E-state index in [-0.39, 0.29) is 17.6 Å². The maximum Gasteiger partial charge on any atom is 0.261 e. The number of nitrogens with one attached hydrogen (secondary N) is 2. The molecule has 0 aliphatic carbocycles. The molecule has 0 heterocycles. The molecule has 1 atom stereocenters. The van der Waals surface area contributed by atoms with Gasteiger partial charge in [0, 0.05) is 6.54 Å². The Bertz CT molecular complexity index is 449. The molecule has 0 spiro atoms. The second kappa shape index (κ2) is 7.70. The lowest BCUT2D eigenvalue weighted by molar-refractivity contribution is 0.0972. The fraction of sp³-hybridized carbons (Fsp3) is 0.385. The predicted molar refractivity (Wildman–Crippen MR) is 77.4 cm³/mol. The number of rotatable bonds is 5. The van der Waals surface area contributed by atoms with E-state index in [4.69, 9.17) is 22.1 Å². The molecule has 19 heavy (non-hydrogen) atoms. The standard InChI is InChI=1S/C13H18N2O3S/c1-3-18-11-7-5-4-6-10(11)12(17)15-13(19)14-8-9(2)16/h4-7,9,16H,3,8H2,1-2H3,(H2,14,15,17,19). The van der Waals surface area contributed by atoms with Crippen LogP contribution in [-0.4, -0.2) is 35.4 Å². The summed E-state index contributed by atoms with van der Waals surface area (Å²) in [6, 6.07) is 6.94. The highest BCUT2D eigenvalue weighted by atomic mass is 32.1. The summed E-state index contributed by atoms with van der Waals surface area (Å²) in [5, 5.41) is 14.6. The van der Waals surface area contributed by atoms with Crippen molar-refractivity contribution in [3.63, 3.8) is 0 Å². The van der Waals surface area contributed by atoms with Crippen molar-refractivity contribution in [1.82, 2.24) is 10.6 Å². The number of hydrogen-bond acceptors (Lipinski definition) is 4. The van der Waals surface area contributed by atoms with E-state index in [1.807, 2.05) is 6.92 Å². The van der Waals surface area contributed by atoms with Crippen LogP contribution in [0.25, 0.3) is 0 Å². The van der Waals surface area contributed by atoms with Crippen LogP contribution in [0.2, 0.25) is 0 Å². The molecule has 104 valence electrons. The number of para-hydroxylation sites is 1. The lowest BCUT2D eigenvalue weighted by Gasteiger charge is -2.12. The summed E-state index contributed by atoms with van der Waals surface area (Å²) in [4.78, 5) is 12.0. The molecule has 6 heteroatoms. The molecule has 0 aromatic heterocycles. The maximum absolute atomic E-state index is 12.0. The van der Waals surface area contributed by atoms with E-state index < -0.39 is 6.10 Å². The second-order valence-corrected chi connectivity index (χ2v) is 4.35. The Hall–Kier alpha value is -1.66. The van der Waals surface area contributed by atoms with Gasteiger partial charge in [-0.3, -0.25) is 10.1 Å². The van der Waals surface area contributed by atoms with Crippen LogP contribution in [-0.2, 0) is 0 Å². The fourth-order valence-corrected chi connectivity index (χ4v) is 1.57. The van der Waals surface area contributed by atoms with E-state index in [9.17, 15) is 4.79 Å². The van der Waals surface area contributed by atoms with Crippen molar-refractivity contribution >= 4 is 23.2 Å². The monoisotopic (exact) mass is 282 g/mol. The molecule has 0 fully saturated rings. The average molecular weight is 282 g/mol. The van der Waals surface area contributed by atoms with Crippen LogP contribution in [0.3, 0.4) is 0 Å². The molecule has 1 rings (SSSR count). The summed E-state index contributed by atoms with van der Waals surface area (Å²) in [7, 11) is 0. The SMILES string of the molecule is CCOc1ccccc1C(=O)NC(=S)NCC(C)O. The molecule has 3 N–H and O–H groups in total. The Morgan fingerprint density at radius 2 is 2.16 bits per heavy atom. The number of amides is 1. The van der Waals surface area contributed by atoms with Gasteiger partial charge in [0.2, 0.25) is 0 Å². The van der Waals surface area contributed by atoms with E-state index in [0.717, 1.165) is 0 Å². The first-order valence-electron chi connectivity index (χ1n) is 6.03. The first-order valence-corrected chi connectivity index (χ1v) is 6.44. The van der Waals surface area contributed by atoms with Crippen molar-refractivity contribution in [3.05, 3.63) is 29.8 Å². The van der Waals surface area contributed by atoms with Crippen LogP contribution < -0.4 is 15.4 Å². The van der Waals surface area contributed by atoms with Gasteiger partial charge in [0.05, 0.1) is 18.3 Å². The Balaban J connectivity index is 2.65. The zero-order valence-electron chi connectivity index (χ0n) is 11.0. The quantitative estimate of drug-likeness (QED) is 0.705. The lowest BCUT2D eigenvalue weighted by atomic mass is 10.2. The third-order valence-electron chi connectivity index (χ3n) is 2.22. The molecule has 0 saturated carbocycles. The van der Waals surface area contributed by atoms with Crippen molar-refractivity contribution in [2.45, 2.75) is 20.0 Å². The average Bonchev–Trinajstić information content (AvgIpc) is 2.37. The van der Waals surface area contributed by atoms with E-state index in [0.29, 0.717) is 17.9 Å². The molecule has 0 aliphatic heterocycles. The Morgan fingerprint density at radius 1 is 1.47 bits per heavy atom. The van der Waals surface area contributed by atoms with Crippen LogP contribution in [0, 0.1) is 0 Å². The van der Waals surface area contributed by atoms with Gasteiger partial charge in [0.15, 0.2) is 5.11 Å². The van der Waals surface area contributed by atoms with Crippen LogP contribution in [0.4, 0.5) is 0 Å². The number of carbonyl (C=O) groups is 1. The fourth-order valence-electron chi connectivity index (χ4n) is 1.39. The van der Waals surface area contributed by atoms with Crippen molar-refractivity contribution in [2.75, 3.05) is 13.2 Å². The molecule has 1 aromatic rings. The smallest absolute Gasteiger partial charge is 0.261 e. The van der Waals surface area contributed by atoms with Gasteiger partial charge >= 0.3 is 0 Å². The van der Waals surface area contributed by atoms with Crippen LogP contribution in [0.15, 0.2) is 24.3 Å². The van der Waals surface area contributed by atoms with Crippen molar-refractivity contribution < 1.29 is 14.6 Å². The molecule has 1 unspecified atom stereocenters.